The molecular weight excluding hydrogens is 413 g/mol. The number of aromatic amines is 1. The van der Waals surface area contributed by atoms with Gasteiger partial charge in [0.2, 0.25) is 0 Å². The van der Waals surface area contributed by atoms with Crippen LogP contribution in [0, 0.1) is 18.3 Å². The zero-order valence-electron chi connectivity index (χ0n) is 19.1. The van der Waals surface area contributed by atoms with Gasteiger partial charge in [0, 0.05) is 23.0 Å². The minimum absolute atomic E-state index is 0.0944. The first kappa shape index (κ1) is 23.9. The molecule has 0 amide bonds. The highest BCUT2D eigenvalue weighted by Crippen LogP contribution is 2.44. The Labute approximate surface area is 186 Å². The van der Waals surface area contributed by atoms with E-state index in [2.05, 4.69) is 4.98 Å². The highest BCUT2D eigenvalue weighted by Gasteiger charge is 2.56. The molecule has 1 heterocycles. The van der Waals surface area contributed by atoms with E-state index in [1.54, 1.807) is 38.1 Å². The lowest BCUT2D eigenvalue weighted by atomic mass is 9.71. The van der Waals surface area contributed by atoms with Gasteiger partial charge in [0.25, 0.3) is 0 Å². The molecule has 3 nitrogen and oxygen atoms in total. The van der Waals surface area contributed by atoms with Crippen molar-refractivity contribution in [3.05, 3.63) is 70.4 Å². The van der Waals surface area contributed by atoms with Crippen LogP contribution in [0.25, 0.3) is 10.9 Å². The minimum atomic E-state index is -4.88. The molecule has 0 spiro atoms. The molecule has 3 aromatic rings. The Bertz CT molecular complexity index is 1170. The van der Waals surface area contributed by atoms with Crippen LogP contribution >= 0.6 is 0 Å². The number of hydrogen-bond donors (Lipinski definition) is 2. The molecule has 0 saturated carbocycles. The molecule has 1 atom stereocenters. The molecule has 170 valence electrons. The molecule has 0 radical (unpaired) electrons. The first-order valence-electron chi connectivity index (χ1n) is 10.7. The molecule has 32 heavy (non-hydrogen) atoms. The number of nitrogens with zero attached hydrogens (tertiary/aromatic N) is 1. The van der Waals surface area contributed by atoms with Crippen molar-refractivity contribution >= 4 is 10.9 Å². The zero-order valence-corrected chi connectivity index (χ0v) is 19.1. The molecule has 0 bridgehead atoms. The summed E-state index contributed by atoms with van der Waals surface area (Å²) in [5, 5.41) is 21.2. The summed E-state index contributed by atoms with van der Waals surface area (Å²) < 4.78 is 42.9. The van der Waals surface area contributed by atoms with Gasteiger partial charge in [-0.25, -0.2) is 0 Å². The standard InChI is InChI=1S/C26H29F3N2O/c1-16(2)18-11-10-17(3)21(12-18)24(4,5)15-25(32,26(27,28)29)13-23-20(14-30)19-8-6-7-9-22(19)31-23/h6-12,16,31-32H,13,15H2,1-5H3. The number of aromatic nitrogens is 1. The molecular formula is C26H29F3N2O. The van der Waals surface area contributed by atoms with Gasteiger partial charge in [-0.2, -0.15) is 18.4 Å². The van der Waals surface area contributed by atoms with E-state index in [1.165, 1.54) is 0 Å². The summed E-state index contributed by atoms with van der Waals surface area (Å²) in [4.78, 5) is 2.92. The van der Waals surface area contributed by atoms with Gasteiger partial charge in [0.15, 0.2) is 5.60 Å². The average molecular weight is 443 g/mol. The molecule has 6 heteroatoms. The first-order valence-corrected chi connectivity index (χ1v) is 10.7. The Morgan fingerprint density at radius 2 is 1.75 bits per heavy atom. The van der Waals surface area contributed by atoms with Crippen molar-refractivity contribution in [2.75, 3.05) is 0 Å². The van der Waals surface area contributed by atoms with Crippen molar-refractivity contribution in [1.29, 1.82) is 5.26 Å². The second kappa shape index (κ2) is 8.29. The number of hydrogen-bond acceptors (Lipinski definition) is 2. The SMILES string of the molecule is Cc1ccc(C(C)C)cc1C(C)(C)CC(O)(Cc1[nH]c2ccccc2c1C#N)C(F)(F)F. The molecule has 0 aliphatic heterocycles. The molecule has 0 aliphatic carbocycles. The minimum Gasteiger partial charge on any atom is -0.380 e. The second-order valence-corrected chi connectivity index (χ2v) is 9.63. The number of nitrogens with one attached hydrogen (secondary N) is 1. The highest BCUT2D eigenvalue weighted by molar-refractivity contribution is 5.87. The van der Waals surface area contributed by atoms with E-state index in [9.17, 15) is 23.5 Å². The Morgan fingerprint density at radius 3 is 2.34 bits per heavy atom. The van der Waals surface area contributed by atoms with Crippen molar-refractivity contribution < 1.29 is 18.3 Å². The molecule has 0 fully saturated rings. The maximum Gasteiger partial charge on any atom is 0.417 e. The fraction of sp³-hybridized carbons (Fsp3) is 0.423. The summed E-state index contributed by atoms with van der Waals surface area (Å²) in [6, 6.07) is 14.7. The van der Waals surface area contributed by atoms with E-state index in [0.29, 0.717) is 10.9 Å². The van der Waals surface area contributed by atoms with Crippen molar-refractivity contribution in [1.82, 2.24) is 4.98 Å². The van der Waals surface area contributed by atoms with Gasteiger partial charge >= 0.3 is 6.18 Å². The molecule has 0 saturated heterocycles. The van der Waals surface area contributed by atoms with Crippen LogP contribution in [-0.4, -0.2) is 21.9 Å². The maximum absolute atomic E-state index is 14.3. The number of nitriles is 1. The number of fused-ring (bicyclic) bond motifs is 1. The van der Waals surface area contributed by atoms with Crippen molar-refractivity contribution in [2.24, 2.45) is 0 Å². The van der Waals surface area contributed by atoms with Crippen LogP contribution in [0.15, 0.2) is 42.5 Å². The number of aryl methyl sites for hydroxylation is 1. The van der Waals surface area contributed by atoms with Crippen molar-refractivity contribution in [3.63, 3.8) is 0 Å². The molecule has 3 rings (SSSR count). The second-order valence-electron chi connectivity index (χ2n) is 9.63. The summed E-state index contributed by atoms with van der Waals surface area (Å²) in [6.07, 6.45) is -6.13. The summed E-state index contributed by atoms with van der Waals surface area (Å²) in [6.45, 7) is 9.40. The summed E-state index contributed by atoms with van der Waals surface area (Å²) in [7, 11) is 0. The molecule has 1 unspecified atom stereocenters. The molecule has 2 N–H and O–H groups in total. The number of H-pyrrole nitrogens is 1. The Kier molecular flexibility index (Phi) is 6.19. The molecule has 1 aromatic heterocycles. The number of alkyl halides is 3. The largest absolute Gasteiger partial charge is 0.417 e. The fourth-order valence-electron chi connectivity index (χ4n) is 4.57. The molecule has 0 aliphatic rings. The van der Waals surface area contributed by atoms with Gasteiger partial charge in [-0.15, -0.1) is 0 Å². The van der Waals surface area contributed by atoms with Crippen LogP contribution in [0.2, 0.25) is 0 Å². The number of rotatable bonds is 6. The third-order valence-corrected chi connectivity index (χ3v) is 6.28. The van der Waals surface area contributed by atoms with E-state index >= 15 is 0 Å². The van der Waals surface area contributed by atoms with E-state index in [-0.39, 0.29) is 17.2 Å². The van der Waals surface area contributed by atoms with Gasteiger partial charge in [0.05, 0.1) is 5.56 Å². The predicted molar refractivity (Wildman–Crippen MR) is 121 cm³/mol. The number of aliphatic hydroxyl groups is 1. The van der Waals surface area contributed by atoms with E-state index in [1.807, 2.05) is 45.0 Å². The summed E-state index contributed by atoms with van der Waals surface area (Å²) in [5.41, 5.74) is -0.465. The van der Waals surface area contributed by atoms with E-state index in [4.69, 9.17) is 0 Å². The van der Waals surface area contributed by atoms with Crippen LogP contribution in [0.5, 0.6) is 0 Å². The third kappa shape index (κ3) is 4.40. The summed E-state index contributed by atoms with van der Waals surface area (Å²) >= 11 is 0. The van der Waals surface area contributed by atoms with Crippen LogP contribution in [0.4, 0.5) is 13.2 Å². The lowest BCUT2D eigenvalue weighted by Gasteiger charge is -2.38. The van der Waals surface area contributed by atoms with E-state index < -0.39 is 30.0 Å². The predicted octanol–water partition coefficient (Wildman–Crippen LogP) is 6.68. The van der Waals surface area contributed by atoms with Crippen LogP contribution in [0.3, 0.4) is 0 Å². The number of para-hydroxylation sites is 1. The number of halogens is 3. The quantitative estimate of drug-likeness (QED) is 0.448. The maximum atomic E-state index is 14.3. The zero-order chi connectivity index (χ0) is 23.9. The topological polar surface area (TPSA) is 59.8 Å². The van der Waals surface area contributed by atoms with Crippen LogP contribution in [-0.2, 0) is 11.8 Å². The normalized spacial score (nSPS) is 14.5. The average Bonchev–Trinajstić information content (AvgIpc) is 3.03. The van der Waals surface area contributed by atoms with E-state index in [0.717, 1.165) is 16.7 Å². The lowest BCUT2D eigenvalue weighted by Crippen LogP contribution is -2.51. The first-order chi connectivity index (χ1) is 14.8. The lowest BCUT2D eigenvalue weighted by molar-refractivity contribution is -0.266. The van der Waals surface area contributed by atoms with Gasteiger partial charge in [-0.05, 0) is 47.4 Å². The van der Waals surface area contributed by atoms with Gasteiger partial charge in [0.1, 0.15) is 6.07 Å². The van der Waals surface area contributed by atoms with Crippen molar-refractivity contribution in [3.8, 4) is 6.07 Å². The molecule has 2 aromatic carbocycles. The van der Waals surface area contributed by atoms with Crippen LogP contribution < -0.4 is 0 Å². The van der Waals surface area contributed by atoms with Crippen molar-refractivity contribution in [2.45, 2.75) is 70.6 Å². The smallest absolute Gasteiger partial charge is 0.380 e. The van der Waals surface area contributed by atoms with Gasteiger partial charge < -0.3 is 10.1 Å². The Balaban J connectivity index is 2.06. The highest BCUT2D eigenvalue weighted by atomic mass is 19.4. The van der Waals surface area contributed by atoms with Gasteiger partial charge in [-0.3, -0.25) is 0 Å². The fourth-order valence-corrected chi connectivity index (χ4v) is 4.57. The third-order valence-electron chi connectivity index (χ3n) is 6.28. The van der Waals surface area contributed by atoms with Crippen LogP contribution in [0.1, 0.15) is 68.0 Å². The Hall–Kier alpha value is -2.78. The summed E-state index contributed by atoms with van der Waals surface area (Å²) in [5.74, 6) is 0.233. The monoisotopic (exact) mass is 442 g/mol. The number of benzene rings is 2. The van der Waals surface area contributed by atoms with Gasteiger partial charge in [-0.1, -0.05) is 64.1 Å². The Morgan fingerprint density at radius 1 is 1.09 bits per heavy atom.